The van der Waals surface area contributed by atoms with E-state index in [1.807, 2.05) is 31.2 Å². The molecule has 0 heterocycles. The van der Waals surface area contributed by atoms with Crippen LogP contribution in [0.25, 0.3) is 0 Å². The lowest BCUT2D eigenvalue weighted by atomic mass is 10.1. The molecule has 0 aliphatic rings. The molecule has 0 fully saturated rings. The molecule has 0 saturated carbocycles. The maximum absolute atomic E-state index is 10.9. The van der Waals surface area contributed by atoms with Crippen molar-refractivity contribution in [1.29, 1.82) is 0 Å². The molecule has 1 atom stereocenters. The molecule has 20 heavy (non-hydrogen) atoms. The largest absolute Gasteiger partial charge is 0.306 e. The van der Waals surface area contributed by atoms with Gasteiger partial charge in [-0.2, -0.15) is 0 Å². The van der Waals surface area contributed by atoms with Gasteiger partial charge in [-0.3, -0.25) is 10.1 Å². The van der Waals surface area contributed by atoms with Crippen molar-refractivity contribution in [1.82, 2.24) is 5.32 Å². The Balaban J connectivity index is 2.05. The van der Waals surface area contributed by atoms with Gasteiger partial charge in [-0.15, -0.1) is 0 Å². The van der Waals surface area contributed by atoms with Crippen LogP contribution in [-0.2, 0) is 6.54 Å². The van der Waals surface area contributed by atoms with Gasteiger partial charge in [-0.05, 0) is 24.6 Å². The number of hydrogen-bond donors (Lipinski definition) is 1. The Labute approximate surface area is 122 Å². The molecule has 0 spiro atoms. The van der Waals surface area contributed by atoms with Crippen LogP contribution in [0.5, 0.6) is 0 Å². The van der Waals surface area contributed by atoms with Crippen molar-refractivity contribution in [2.75, 3.05) is 0 Å². The standard InChI is InChI=1S/C15H15ClN2O2/c1-11(12-6-8-14(16)9-7-12)17-10-13-4-2-3-5-15(13)18(19)20/h2-9,11,17H,10H2,1H3/t11-/m0/s1. The monoisotopic (exact) mass is 290 g/mol. The first-order valence-electron chi connectivity index (χ1n) is 6.29. The Hall–Kier alpha value is -1.91. The molecule has 2 rings (SSSR count). The normalized spacial score (nSPS) is 12.1. The highest BCUT2D eigenvalue weighted by molar-refractivity contribution is 6.30. The zero-order valence-corrected chi connectivity index (χ0v) is 11.8. The summed E-state index contributed by atoms with van der Waals surface area (Å²) in [6.45, 7) is 2.46. The third kappa shape index (κ3) is 3.56. The van der Waals surface area contributed by atoms with Gasteiger partial charge in [-0.1, -0.05) is 41.9 Å². The SMILES string of the molecule is C[C@H](NCc1ccccc1[N+](=O)[O-])c1ccc(Cl)cc1. The molecule has 0 bridgehead atoms. The Morgan fingerprint density at radius 1 is 1.20 bits per heavy atom. The molecule has 1 N–H and O–H groups in total. The first-order chi connectivity index (χ1) is 9.58. The second-order valence-corrected chi connectivity index (χ2v) is 4.98. The molecule has 2 aromatic carbocycles. The van der Waals surface area contributed by atoms with Crippen LogP contribution in [0.1, 0.15) is 24.1 Å². The van der Waals surface area contributed by atoms with Crippen LogP contribution < -0.4 is 5.32 Å². The molecule has 0 unspecified atom stereocenters. The zero-order valence-electron chi connectivity index (χ0n) is 11.0. The minimum Gasteiger partial charge on any atom is -0.306 e. The van der Waals surface area contributed by atoms with E-state index in [1.54, 1.807) is 18.2 Å². The molecule has 4 nitrogen and oxygen atoms in total. The minimum atomic E-state index is -0.357. The van der Waals surface area contributed by atoms with Gasteiger partial charge in [-0.25, -0.2) is 0 Å². The molecule has 104 valence electrons. The number of nitrogens with one attached hydrogen (secondary N) is 1. The predicted octanol–water partition coefficient (Wildman–Crippen LogP) is 4.10. The van der Waals surface area contributed by atoms with E-state index in [-0.39, 0.29) is 16.7 Å². The van der Waals surface area contributed by atoms with E-state index in [2.05, 4.69) is 5.32 Å². The van der Waals surface area contributed by atoms with Crippen molar-refractivity contribution >= 4 is 17.3 Å². The summed E-state index contributed by atoms with van der Waals surface area (Å²) < 4.78 is 0. The Bertz CT molecular complexity index is 599. The van der Waals surface area contributed by atoms with Crippen molar-refractivity contribution < 1.29 is 4.92 Å². The summed E-state index contributed by atoms with van der Waals surface area (Å²) in [4.78, 5) is 10.6. The Morgan fingerprint density at radius 2 is 1.85 bits per heavy atom. The van der Waals surface area contributed by atoms with Crippen molar-refractivity contribution in [2.24, 2.45) is 0 Å². The van der Waals surface area contributed by atoms with Crippen LogP contribution in [-0.4, -0.2) is 4.92 Å². The van der Waals surface area contributed by atoms with E-state index in [4.69, 9.17) is 11.6 Å². The number of benzene rings is 2. The highest BCUT2D eigenvalue weighted by atomic mass is 35.5. The van der Waals surface area contributed by atoms with Gasteiger partial charge in [0.1, 0.15) is 0 Å². The van der Waals surface area contributed by atoms with Crippen LogP contribution in [0.3, 0.4) is 0 Å². The lowest BCUT2D eigenvalue weighted by Gasteiger charge is -2.14. The van der Waals surface area contributed by atoms with Crippen LogP contribution in [0, 0.1) is 10.1 Å². The summed E-state index contributed by atoms with van der Waals surface area (Å²) in [5, 5.41) is 14.9. The molecular weight excluding hydrogens is 276 g/mol. The molecule has 0 radical (unpaired) electrons. The number of para-hydroxylation sites is 1. The van der Waals surface area contributed by atoms with E-state index >= 15 is 0 Å². The fraction of sp³-hybridized carbons (Fsp3) is 0.200. The van der Waals surface area contributed by atoms with Gasteiger partial charge >= 0.3 is 0 Å². The predicted molar refractivity (Wildman–Crippen MR) is 79.8 cm³/mol. The summed E-state index contributed by atoms with van der Waals surface area (Å²) >= 11 is 5.85. The van der Waals surface area contributed by atoms with Crippen LogP contribution in [0.2, 0.25) is 5.02 Å². The average molecular weight is 291 g/mol. The van der Waals surface area contributed by atoms with Crippen molar-refractivity contribution in [3.63, 3.8) is 0 Å². The zero-order chi connectivity index (χ0) is 14.5. The van der Waals surface area contributed by atoms with E-state index < -0.39 is 0 Å². The summed E-state index contributed by atoms with van der Waals surface area (Å²) in [7, 11) is 0. The number of halogens is 1. The second-order valence-electron chi connectivity index (χ2n) is 4.54. The summed E-state index contributed by atoms with van der Waals surface area (Å²) in [6.07, 6.45) is 0. The molecule has 0 aliphatic carbocycles. The summed E-state index contributed by atoms with van der Waals surface area (Å²) in [5.74, 6) is 0. The van der Waals surface area contributed by atoms with Gasteiger partial charge in [0.25, 0.3) is 5.69 Å². The minimum absolute atomic E-state index is 0.0899. The molecular formula is C15H15ClN2O2. The summed E-state index contributed by atoms with van der Waals surface area (Å²) in [6, 6.07) is 14.4. The number of rotatable bonds is 5. The number of nitro groups is 1. The fourth-order valence-corrected chi connectivity index (χ4v) is 2.10. The molecule has 5 heteroatoms. The highest BCUT2D eigenvalue weighted by Crippen LogP contribution is 2.20. The number of nitro benzene ring substituents is 1. The van der Waals surface area contributed by atoms with Gasteiger partial charge in [0.2, 0.25) is 0 Å². The van der Waals surface area contributed by atoms with E-state index in [0.29, 0.717) is 17.1 Å². The average Bonchev–Trinajstić information content (AvgIpc) is 2.45. The van der Waals surface area contributed by atoms with E-state index in [1.165, 1.54) is 6.07 Å². The first kappa shape index (κ1) is 14.5. The van der Waals surface area contributed by atoms with Crippen LogP contribution in [0.4, 0.5) is 5.69 Å². The van der Waals surface area contributed by atoms with Crippen LogP contribution in [0.15, 0.2) is 48.5 Å². The van der Waals surface area contributed by atoms with Gasteiger partial charge < -0.3 is 5.32 Å². The van der Waals surface area contributed by atoms with Gasteiger partial charge in [0, 0.05) is 29.2 Å². The lowest BCUT2D eigenvalue weighted by Crippen LogP contribution is -2.18. The maximum Gasteiger partial charge on any atom is 0.273 e. The summed E-state index contributed by atoms with van der Waals surface area (Å²) in [5.41, 5.74) is 1.91. The molecule has 2 aromatic rings. The smallest absolute Gasteiger partial charge is 0.273 e. The quantitative estimate of drug-likeness (QED) is 0.666. The maximum atomic E-state index is 10.9. The van der Waals surface area contributed by atoms with Crippen molar-refractivity contribution in [3.8, 4) is 0 Å². The Morgan fingerprint density at radius 3 is 2.50 bits per heavy atom. The first-order valence-corrected chi connectivity index (χ1v) is 6.67. The van der Waals surface area contributed by atoms with Gasteiger partial charge in [0.05, 0.1) is 4.92 Å². The highest BCUT2D eigenvalue weighted by Gasteiger charge is 2.13. The molecule has 0 aromatic heterocycles. The van der Waals surface area contributed by atoms with E-state index in [0.717, 1.165) is 5.56 Å². The van der Waals surface area contributed by atoms with Crippen LogP contribution >= 0.6 is 11.6 Å². The van der Waals surface area contributed by atoms with Gasteiger partial charge in [0.15, 0.2) is 0 Å². The number of hydrogen-bond acceptors (Lipinski definition) is 3. The molecule has 0 aliphatic heterocycles. The fourth-order valence-electron chi connectivity index (χ4n) is 1.97. The van der Waals surface area contributed by atoms with Crippen molar-refractivity contribution in [2.45, 2.75) is 19.5 Å². The molecule has 0 amide bonds. The third-order valence-electron chi connectivity index (χ3n) is 3.16. The lowest BCUT2D eigenvalue weighted by molar-refractivity contribution is -0.385. The molecule has 0 saturated heterocycles. The van der Waals surface area contributed by atoms with E-state index in [9.17, 15) is 10.1 Å². The number of nitrogens with zero attached hydrogens (tertiary/aromatic N) is 1. The topological polar surface area (TPSA) is 55.2 Å². The second kappa shape index (κ2) is 6.50. The Kier molecular flexibility index (Phi) is 4.71. The van der Waals surface area contributed by atoms with Crippen molar-refractivity contribution in [3.05, 3.63) is 74.8 Å². The third-order valence-corrected chi connectivity index (χ3v) is 3.41.